The Morgan fingerprint density at radius 1 is 1.19 bits per heavy atom. The van der Waals surface area contributed by atoms with Crippen LogP contribution in [0, 0.1) is 0 Å². The van der Waals surface area contributed by atoms with E-state index in [1.165, 1.54) is 25.3 Å². The number of phenolic OH excluding ortho intramolecular Hbond substituents is 1. The first-order valence-corrected chi connectivity index (χ1v) is 8.68. The highest BCUT2D eigenvalue weighted by molar-refractivity contribution is 5.91. The minimum absolute atomic E-state index is 0.0121. The topological polar surface area (TPSA) is 84.9 Å². The molecule has 6 heteroatoms. The summed E-state index contributed by atoms with van der Waals surface area (Å²) in [6.45, 7) is 0. The number of carbonyl (C=O) groups excluding carboxylic acids is 2. The van der Waals surface area contributed by atoms with Gasteiger partial charge in [0.25, 0.3) is 5.91 Å². The number of hydrogen-bond donors (Lipinski definition) is 2. The van der Waals surface area contributed by atoms with Crippen LogP contribution in [0.5, 0.6) is 11.5 Å². The van der Waals surface area contributed by atoms with Gasteiger partial charge in [0.1, 0.15) is 0 Å². The van der Waals surface area contributed by atoms with Gasteiger partial charge in [-0.2, -0.15) is 0 Å². The predicted molar refractivity (Wildman–Crippen MR) is 100 cm³/mol. The van der Waals surface area contributed by atoms with Gasteiger partial charge in [0.2, 0.25) is 6.10 Å². The van der Waals surface area contributed by atoms with E-state index in [1.807, 2.05) is 6.07 Å². The van der Waals surface area contributed by atoms with Crippen molar-refractivity contribution in [3.8, 4) is 11.5 Å². The molecule has 0 saturated heterocycles. The van der Waals surface area contributed by atoms with E-state index in [0.717, 1.165) is 12.8 Å². The Morgan fingerprint density at radius 2 is 1.93 bits per heavy atom. The molecule has 0 aromatic heterocycles. The summed E-state index contributed by atoms with van der Waals surface area (Å²) in [5.41, 5.74) is 1.27. The van der Waals surface area contributed by atoms with Crippen molar-refractivity contribution in [2.45, 2.75) is 25.0 Å². The molecular weight excluding hydrogens is 346 g/mol. The van der Waals surface area contributed by atoms with Crippen molar-refractivity contribution in [3.63, 3.8) is 0 Å². The van der Waals surface area contributed by atoms with Crippen LogP contribution in [-0.2, 0) is 14.3 Å². The van der Waals surface area contributed by atoms with Crippen molar-refractivity contribution in [2.75, 3.05) is 7.11 Å². The largest absolute Gasteiger partial charge is 0.504 e. The number of benzene rings is 2. The van der Waals surface area contributed by atoms with E-state index in [1.54, 1.807) is 36.4 Å². The maximum absolute atomic E-state index is 12.5. The molecule has 3 rings (SSSR count). The van der Waals surface area contributed by atoms with Crippen LogP contribution in [-0.4, -0.2) is 30.1 Å². The van der Waals surface area contributed by atoms with Gasteiger partial charge in [0.05, 0.1) is 7.11 Å². The molecule has 0 aliphatic heterocycles. The molecule has 1 fully saturated rings. The molecule has 140 valence electrons. The summed E-state index contributed by atoms with van der Waals surface area (Å²) in [6, 6.07) is 13.8. The van der Waals surface area contributed by atoms with Gasteiger partial charge < -0.3 is 19.9 Å². The third-order valence-corrected chi connectivity index (χ3v) is 4.11. The zero-order valence-electron chi connectivity index (χ0n) is 14.9. The summed E-state index contributed by atoms with van der Waals surface area (Å²) in [5.74, 6) is -0.645. The average molecular weight is 367 g/mol. The first-order chi connectivity index (χ1) is 13.1. The number of methoxy groups -OCH3 is 1. The smallest absolute Gasteiger partial charge is 0.331 e. The van der Waals surface area contributed by atoms with Crippen molar-refractivity contribution < 1.29 is 24.2 Å². The molecule has 0 heterocycles. The fourth-order valence-electron chi connectivity index (χ4n) is 2.52. The van der Waals surface area contributed by atoms with Crippen molar-refractivity contribution in [3.05, 3.63) is 65.7 Å². The second-order valence-corrected chi connectivity index (χ2v) is 6.28. The molecule has 0 bridgehead atoms. The number of aromatic hydroxyl groups is 1. The Balaban J connectivity index is 1.71. The molecule has 1 aliphatic rings. The third kappa shape index (κ3) is 5.10. The fourth-order valence-corrected chi connectivity index (χ4v) is 2.52. The van der Waals surface area contributed by atoms with Gasteiger partial charge in [0, 0.05) is 17.7 Å². The lowest BCUT2D eigenvalue weighted by Gasteiger charge is -2.17. The van der Waals surface area contributed by atoms with E-state index in [2.05, 4.69) is 5.32 Å². The average Bonchev–Trinajstić information content (AvgIpc) is 3.50. The predicted octanol–water partition coefficient (Wildman–Crippen LogP) is 2.98. The molecule has 1 saturated carbocycles. The molecular formula is C21H21NO5. The summed E-state index contributed by atoms with van der Waals surface area (Å²) in [7, 11) is 1.44. The minimum Gasteiger partial charge on any atom is -0.504 e. The fraction of sp³-hybridized carbons (Fsp3) is 0.238. The second-order valence-electron chi connectivity index (χ2n) is 6.28. The van der Waals surface area contributed by atoms with Gasteiger partial charge in [-0.3, -0.25) is 4.79 Å². The zero-order chi connectivity index (χ0) is 19.2. The number of amides is 1. The molecule has 0 unspecified atom stereocenters. The lowest BCUT2D eigenvalue weighted by molar-refractivity contribution is -0.151. The first-order valence-electron chi connectivity index (χ1n) is 8.68. The van der Waals surface area contributed by atoms with Crippen LogP contribution >= 0.6 is 0 Å². The molecule has 0 spiro atoms. The van der Waals surface area contributed by atoms with Crippen molar-refractivity contribution in [2.24, 2.45) is 0 Å². The van der Waals surface area contributed by atoms with Gasteiger partial charge in [-0.05, 0) is 36.6 Å². The van der Waals surface area contributed by atoms with Crippen molar-refractivity contribution in [1.29, 1.82) is 0 Å². The maximum Gasteiger partial charge on any atom is 0.331 e. The van der Waals surface area contributed by atoms with Crippen LogP contribution in [0.4, 0.5) is 0 Å². The molecule has 1 aliphatic carbocycles. The van der Waals surface area contributed by atoms with Crippen LogP contribution < -0.4 is 10.1 Å². The first kappa shape index (κ1) is 18.5. The van der Waals surface area contributed by atoms with E-state index < -0.39 is 12.1 Å². The maximum atomic E-state index is 12.5. The number of ether oxygens (including phenoxy) is 2. The Bertz CT molecular complexity index is 843. The summed E-state index contributed by atoms with van der Waals surface area (Å²) in [5, 5.41) is 12.5. The lowest BCUT2D eigenvalue weighted by atomic mass is 10.1. The van der Waals surface area contributed by atoms with Gasteiger partial charge in [-0.1, -0.05) is 36.4 Å². The van der Waals surface area contributed by atoms with Crippen molar-refractivity contribution in [1.82, 2.24) is 5.32 Å². The summed E-state index contributed by atoms with van der Waals surface area (Å²) in [4.78, 5) is 24.7. The van der Waals surface area contributed by atoms with E-state index >= 15 is 0 Å². The molecule has 1 amide bonds. The zero-order valence-corrected chi connectivity index (χ0v) is 14.9. The van der Waals surface area contributed by atoms with Crippen LogP contribution in [0.15, 0.2) is 54.6 Å². The Labute approximate surface area is 157 Å². The summed E-state index contributed by atoms with van der Waals surface area (Å²) in [6.07, 6.45) is 3.67. The SMILES string of the molecule is COc1cc(/C=C/C(=O)O[C@@H](C(=O)NC2CC2)c2ccccc2)ccc1O. The van der Waals surface area contributed by atoms with Crippen LogP contribution in [0.2, 0.25) is 0 Å². The van der Waals surface area contributed by atoms with Crippen molar-refractivity contribution >= 4 is 18.0 Å². The number of rotatable bonds is 7. The minimum atomic E-state index is -1.00. The number of phenols is 1. The molecule has 2 aromatic carbocycles. The third-order valence-electron chi connectivity index (χ3n) is 4.11. The van der Waals surface area contributed by atoms with Gasteiger partial charge in [-0.25, -0.2) is 4.79 Å². The van der Waals surface area contributed by atoms with E-state index in [0.29, 0.717) is 16.9 Å². The van der Waals surface area contributed by atoms with Crippen LogP contribution in [0.25, 0.3) is 6.08 Å². The Kier molecular flexibility index (Phi) is 5.76. The van der Waals surface area contributed by atoms with Crippen LogP contribution in [0.1, 0.15) is 30.1 Å². The highest BCUT2D eigenvalue weighted by Gasteiger charge is 2.30. The monoisotopic (exact) mass is 367 g/mol. The quantitative estimate of drug-likeness (QED) is 0.580. The molecule has 27 heavy (non-hydrogen) atoms. The molecule has 6 nitrogen and oxygen atoms in total. The highest BCUT2D eigenvalue weighted by Crippen LogP contribution is 2.27. The number of hydrogen-bond acceptors (Lipinski definition) is 5. The number of esters is 1. The summed E-state index contributed by atoms with van der Waals surface area (Å²) < 4.78 is 10.4. The molecule has 1 atom stereocenters. The molecule has 2 N–H and O–H groups in total. The normalized spacial score (nSPS) is 14.6. The summed E-state index contributed by atoms with van der Waals surface area (Å²) >= 11 is 0. The van der Waals surface area contributed by atoms with Crippen LogP contribution in [0.3, 0.4) is 0 Å². The van der Waals surface area contributed by atoms with E-state index in [4.69, 9.17) is 9.47 Å². The number of nitrogens with one attached hydrogen (secondary N) is 1. The standard InChI is InChI=1S/C21H21NO5/c1-26-18-13-14(7-11-17(18)23)8-12-19(24)27-20(15-5-3-2-4-6-15)21(25)22-16-9-10-16/h2-8,11-13,16,20,23H,9-10H2,1H3,(H,22,25)/b12-8+/t20-/m1/s1. The lowest BCUT2D eigenvalue weighted by Crippen LogP contribution is -2.33. The highest BCUT2D eigenvalue weighted by atomic mass is 16.5. The van der Waals surface area contributed by atoms with Gasteiger partial charge >= 0.3 is 5.97 Å². The van der Waals surface area contributed by atoms with Gasteiger partial charge in [0.15, 0.2) is 11.5 Å². The van der Waals surface area contributed by atoms with Gasteiger partial charge in [-0.15, -0.1) is 0 Å². The molecule has 2 aromatic rings. The van der Waals surface area contributed by atoms with E-state index in [9.17, 15) is 14.7 Å². The van der Waals surface area contributed by atoms with E-state index in [-0.39, 0.29) is 17.7 Å². The molecule has 0 radical (unpaired) electrons. The Morgan fingerprint density at radius 3 is 2.59 bits per heavy atom. The second kappa shape index (κ2) is 8.40. The Hall–Kier alpha value is -3.28. The number of carbonyl (C=O) groups is 2.